The molecule has 2 atom stereocenters. The summed E-state index contributed by atoms with van der Waals surface area (Å²) in [5.41, 5.74) is 2.30. The Kier molecular flexibility index (Phi) is 4.16. The van der Waals surface area contributed by atoms with Crippen molar-refractivity contribution in [3.63, 3.8) is 0 Å². The lowest BCUT2D eigenvalue weighted by molar-refractivity contribution is -0.00537. The first-order chi connectivity index (χ1) is 11.6. The van der Waals surface area contributed by atoms with Crippen molar-refractivity contribution in [3.05, 3.63) is 41.0 Å². The molecule has 0 spiro atoms. The highest BCUT2D eigenvalue weighted by atomic mass is 35.5. The van der Waals surface area contributed by atoms with Crippen LogP contribution in [0, 0.1) is 0 Å². The zero-order chi connectivity index (χ0) is 16.7. The lowest BCUT2D eigenvalue weighted by atomic mass is 10.1. The van der Waals surface area contributed by atoms with E-state index in [0.717, 1.165) is 45.3 Å². The van der Waals surface area contributed by atoms with E-state index in [1.165, 1.54) is 0 Å². The Morgan fingerprint density at radius 3 is 2.54 bits per heavy atom. The first kappa shape index (κ1) is 15.8. The number of thiophene rings is 1. The number of hydrogen-bond acceptors (Lipinski definition) is 5. The number of aromatic nitrogens is 2. The minimum atomic E-state index is 0.191. The summed E-state index contributed by atoms with van der Waals surface area (Å²) in [7, 11) is 0. The number of halogens is 1. The van der Waals surface area contributed by atoms with Gasteiger partial charge in [-0.2, -0.15) is 0 Å². The number of morpholine rings is 1. The van der Waals surface area contributed by atoms with E-state index in [9.17, 15) is 0 Å². The summed E-state index contributed by atoms with van der Waals surface area (Å²) < 4.78 is 5.86. The molecule has 3 aromatic rings. The Bertz CT molecular complexity index is 854. The maximum atomic E-state index is 6.03. The number of nitrogens with zero attached hydrogens (tertiary/aromatic N) is 3. The predicted octanol–water partition coefficient (Wildman–Crippen LogP) is 4.63. The number of ether oxygens (including phenoxy) is 1. The van der Waals surface area contributed by atoms with Gasteiger partial charge in [-0.3, -0.25) is 0 Å². The summed E-state index contributed by atoms with van der Waals surface area (Å²) >= 11 is 7.68. The normalized spacial score (nSPS) is 21.4. The van der Waals surface area contributed by atoms with Crippen molar-refractivity contribution >= 4 is 39.0 Å². The van der Waals surface area contributed by atoms with Gasteiger partial charge in [0.2, 0.25) is 0 Å². The van der Waals surface area contributed by atoms with Gasteiger partial charge in [0.15, 0.2) is 0 Å². The third-order valence-electron chi connectivity index (χ3n) is 4.22. The summed E-state index contributed by atoms with van der Waals surface area (Å²) in [6.45, 7) is 5.89. The van der Waals surface area contributed by atoms with E-state index in [-0.39, 0.29) is 12.2 Å². The Morgan fingerprint density at radius 1 is 1.12 bits per heavy atom. The van der Waals surface area contributed by atoms with Crippen LogP contribution in [0.2, 0.25) is 5.02 Å². The van der Waals surface area contributed by atoms with Gasteiger partial charge in [0.1, 0.15) is 17.0 Å². The topological polar surface area (TPSA) is 38.2 Å². The van der Waals surface area contributed by atoms with E-state index >= 15 is 0 Å². The molecule has 2 aromatic heterocycles. The summed E-state index contributed by atoms with van der Waals surface area (Å²) in [5.74, 6) is 0.994. The van der Waals surface area contributed by atoms with Crippen LogP contribution in [0.4, 0.5) is 5.82 Å². The molecule has 1 saturated heterocycles. The third-order valence-corrected chi connectivity index (χ3v) is 5.36. The van der Waals surface area contributed by atoms with Gasteiger partial charge in [0.05, 0.1) is 17.6 Å². The van der Waals surface area contributed by atoms with E-state index in [4.69, 9.17) is 16.3 Å². The number of benzene rings is 1. The SMILES string of the molecule is C[C@@H]1CN(c2ncnc3scc(-c4ccc(Cl)cc4)c23)C[C@@H](C)O1. The highest BCUT2D eigenvalue weighted by molar-refractivity contribution is 7.17. The molecule has 0 radical (unpaired) electrons. The summed E-state index contributed by atoms with van der Waals surface area (Å²) in [5, 5.41) is 4.01. The molecule has 0 aliphatic carbocycles. The fraction of sp³-hybridized carbons (Fsp3) is 0.333. The van der Waals surface area contributed by atoms with Gasteiger partial charge in [-0.25, -0.2) is 9.97 Å². The van der Waals surface area contributed by atoms with Crippen LogP contribution in [-0.4, -0.2) is 35.3 Å². The Balaban J connectivity index is 1.84. The van der Waals surface area contributed by atoms with Crippen LogP contribution in [0.3, 0.4) is 0 Å². The second-order valence-corrected chi connectivity index (χ2v) is 7.49. The molecular weight excluding hydrogens is 342 g/mol. The molecule has 4 nitrogen and oxygen atoms in total. The average Bonchev–Trinajstić information content (AvgIpc) is 2.99. The molecule has 3 heterocycles. The van der Waals surface area contributed by atoms with Crippen LogP contribution in [-0.2, 0) is 4.74 Å². The molecule has 1 aliphatic heterocycles. The van der Waals surface area contributed by atoms with E-state index in [1.807, 2.05) is 24.3 Å². The molecule has 1 fully saturated rings. The van der Waals surface area contributed by atoms with E-state index in [2.05, 4.69) is 34.1 Å². The highest BCUT2D eigenvalue weighted by Crippen LogP contribution is 2.38. The fourth-order valence-corrected chi connectivity index (χ4v) is 4.33. The van der Waals surface area contributed by atoms with Gasteiger partial charge in [0, 0.05) is 29.1 Å². The molecule has 0 unspecified atom stereocenters. The van der Waals surface area contributed by atoms with E-state index in [1.54, 1.807) is 17.7 Å². The maximum absolute atomic E-state index is 6.03. The molecule has 1 aromatic carbocycles. The molecule has 0 N–H and O–H groups in total. The Labute approximate surface area is 150 Å². The van der Waals surface area contributed by atoms with Crippen LogP contribution in [0.15, 0.2) is 36.0 Å². The maximum Gasteiger partial charge on any atom is 0.141 e. The Hall–Kier alpha value is -1.69. The summed E-state index contributed by atoms with van der Waals surface area (Å²) in [4.78, 5) is 12.4. The van der Waals surface area contributed by atoms with Gasteiger partial charge < -0.3 is 9.64 Å². The number of rotatable bonds is 2. The van der Waals surface area contributed by atoms with Crippen LogP contribution in [0.5, 0.6) is 0 Å². The zero-order valence-electron chi connectivity index (χ0n) is 13.6. The van der Waals surface area contributed by atoms with Gasteiger partial charge >= 0.3 is 0 Å². The van der Waals surface area contributed by atoms with Crippen LogP contribution >= 0.6 is 22.9 Å². The predicted molar refractivity (Wildman–Crippen MR) is 100 cm³/mol. The quantitative estimate of drug-likeness (QED) is 0.668. The van der Waals surface area contributed by atoms with Crippen molar-refractivity contribution in [2.75, 3.05) is 18.0 Å². The third kappa shape index (κ3) is 2.88. The largest absolute Gasteiger partial charge is 0.372 e. The van der Waals surface area contributed by atoms with Crippen molar-refractivity contribution in [1.29, 1.82) is 0 Å². The smallest absolute Gasteiger partial charge is 0.141 e. The summed E-state index contributed by atoms with van der Waals surface area (Å²) in [6.07, 6.45) is 2.04. The van der Waals surface area contributed by atoms with Gasteiger partial charge in [-0.1, -0.05) is 23.7 Å². The van der Waals surface area contributed by atoms with Crippen molar-refractivity contribution in [2.45, 2.75) is 26.1 Å². The molecule has 4 rings (SSSR count). The first-order valence-corrected chi connectivity index (χ1v) is 9.26. The van der Waals surface area contributed by atoms with Gasteiger partial charge in [0.25, 0.3) is 0 Å². The standard InChI is InChI=1S/C18H18ClN3OS/c1-11-7-22(8-12(2)23-11)17-16-15(9-24-18(16)21-10-20-17)13-3-5-14(19)6-4-13/h3-6,9-12H,7-8H2,1-2H3/t11-,12-/m1/s1. The van der Waals surface area contributed by atoms with Crippen LogP contribution in [0.25, 0.3) is 21.3 Å². The minimum absolute atomic E-state index is 0.191. The summed E-state index contributed by atoms with van der Waals surface area (Å²) in [6, 6.07) is 7.93. The van der Waals surface area contributed by atoms with Crippen molar-refractivity contribution in [3.8, 4) is 11.1 Å². The lowest BCUT2D eigenvalue weighted by Gasteiger charge is -2.36. The second kappa shape index (κ2) is 6.31. The molecule has 124 valence electrons. The zero-order valence-corrected chi connectivity index (χ0v) is 15.1. The van der Waals surface area contributed by atoms with Gasteiger partial charge in [-0.05, 0) is 31.5 Å². The monoisotopic (exact) mass is 359 g/mol. The lowest BCUT2D eigenvalue weighted by Crippen LogP contribution is -2.45. The molecule has 0 saturated carbocycles. The minimum Gasteiger partial charge on any atom is -0.372 e. The van der Waals surface area contributed by atoms with E-state index in [0.29, 0.717) is 0 Å². The molecule has 6 heteroatoms. The number of anilines is 1. The van der Waals surface area contributed by atoms with Crippen molar-refractivity contribution in [2.24, 2.45) is 0 Å². The van der Waals surface area contributed by atoms with Crippen molar-refractivity contribution < 1.29 is 4.74 Å². The molecular formula is C18H18ClN3OS. The van der Waals surface area contributed by atoms with Crippen molar-refractivity contribution in [1.82, 2.24) is 9.97 Å². The molecule has 0 amide bonds. The first-order valence-electron chi connectivity index (χ1n) is 8.00. The average molecular weight is 360 g/mol. The van der Waals surface area contributed by atoms with Crippen LogP contribution in [0.1, 0.15) is 13.8 Å². The van der Waals surface area contributed by atoms with E-state index < -0.39 is 0 Å². The number of hydrogen-bond donors (Lipinski definition) is 0. The fourth-order valence-electron chi connectivity index (χ4n) is 3.29. The molecule has 24 heavy (non-hydrogen) atoms. The van der Waals surface area contributed by atoms with Gasteiger partial charge in [-0.15, -0.1) is 11.3 Å². The second-order valence-electron chi connectivity index (χ2n) is 6.20. The van der Waals surface area contributed by atoms with Crippen LogP contribution < -0.4 is 4.90 Å². The molecule has 0 bridgehead atoms. The number of fused-ring (bicyclic) bond motifs is 1. The molecule has 1 aliphatic rings. The highest BCUT2D eigenvalue weighted by Gasteiger charge is 2.26. The Morgan fingerprint density at radius 2 is 1.83 bits per heavy atom.